The molecule has 0 bridgehead atoms. The SMILES string of the molecule is CCCNC(=O)CCNC(COC)C1CC1. The maximum atomic E-state index is 11.3. The molecule has 4 heteroatoms. The molecule has 1 atom stereocenters. The average Bonchev–Trinajstić information content (AvgIpc) is 3.09. The van der Waals surface area contributed by atoms with E-state index in [0.29, 0.717) is 12.5 Å². The van der Waals surface area contributed by atoms with Gasteiger partial charge in [0.05, 0.1) is 6.61 Å². The van der Waals surface area contributed by atoms with E-state index in [1.165, 1.54) is 12.8 Å². The Morgan fingerprint density at radius 2 is 2.19 bits per heavy atom. The fraction of sp³-hybridized carbons (Fsp3) is 0.917. The van der Waals surface area contributed by atoms with Crippen molar-refractivity contribution in [1.82, 2.24) is 10.6 Å². The van der Waals surface area contributed by atoms with Gasteiger partial charge in [0, 0.05) is 32.7 Å². The molecular weight excluding hydrogens is 204 g/mol. The first kappa shape index (κ1) is 13.5. The highest BCUT2D eigenvalue weighted by Crippen LogP contribution is 2.32. The van der Waals surface area contributed by atoms with Crippen molar-refractivity contribution in [2.75, 3.05) is 26.8 Å². The van der Waals surface area contributed by atoms with Crippen molar-refractivity contribution in [3.63, 3.8) is 0 Å². The van der Waals surface area contributed by atoms with Gasteiger partial charge in [-0.3, -0.25) is 4.79 Å². The van der Waals surface area contributed by atoms with Gasteiger partial charge < -0.3 is 15.4 Å². The minimum absolute atomic E-state index is 0.140. The molecule has 0 aromatic rings. The third kappa shape index (κ3) is 5.47. The molecule has 1 rings (SSSR count). The standard InChI is InChI=1S/C12H24N2O2/c1-3-7-14-12(15)6-8-13-11(9-16-2)10-4-5-10/h10-11,13H,3-9H2,1-2H3,(H,14,15). The lowest BCUT2D eigenvalue weighted by Gasteiger charge is -2.16. The molecule has 16 heavy (non-hydrogen) atoms. The highest BCUT2D eigenvalue weighted by molar-refractivity contribution is 5.75. The molecule has 0 aromatic heterocycles. The molecule has 1 unspecified atom stereocenters. The van der Waals surface area contributed by atoms with Crippen LogP contribution in [0.15, 0.2) is 0 Å². The molecule has 1 aliphatic carbocycles. The molecule has 4 nitrogen and oxygen atoms in total. The number of hydrogen-bond donors (Lipinski definition) is 2. The van der Waals surface area contributed by atoms with E-state index in [0.717, 1.165) is 32.0 Å². The first-order valence-electron chi connectivity index (χ1n) is 6.27. The molecule has 0 heterocycles. The molecule has 0 aromatic carbocycles. The number of carbonyl (C=O) groups excluding carboxylic acids is 1. The van der Waals surface area contributed by atoms with Gasteiger partial charge in [0.25, 0.3) is 0 Å². The second-order valence-corrected chi connectivity index (χ2v) is 4.45. The summed E-state index contributed by atoms with van der Waals surface area (Å²) in [6, 6.07) is 0.434. The minimum Gasteiger partial charge on any atom is -0.383 e. The van der Waals surface area contributed by atoms with Crippen molar-refractivity contribution in [2.24, 2.45) is 5.92 Å². The average molecular weight is 228 g/mol. The zero-order valence-corrected chi connectivity index (χ0v) is 10.4. The van der Waals surface area contributed by atoms with Gasteiger partial charge in [-0.05, 0) is 25.2 Å². The number of nitrogens with one attached hydrogen (secondary N) is 2. The normalized spacial score (nSPS) is 17.1. The Bertz CT molecular complexity index is 205. The summed E-state index contributed by atoms with van der Waals surface area (Å²) in [6.45, 7) is 4.34. The smallest absolute Gasteiger partial charge is 0.221 e. The Kier molecular flexibility index (Phi) is 6.42. The van der Waals surface area contributed by atoms with Crippen LogP contribution < -0.4 is 10.6 Å². The molecule has 1 saturated carbocycles. The largest absolute Gasteiger partial charge is 0.383 e. The van der Waals surface area contributed by atoms with Crippen LogP contribution in [0.1, 0.15) is 32.6 Å². The van der Waals surface area contributed by atoms with Crippen LogP contribution in [-0.2, 0) is 9.53 Å². The van der Waals surface area contributed by atoms with Crippen molar-refractivity contribution >= 4 is 5.91 Å². The summed E-state index contributed by atoms with van der Waals surface area (Å²) in [5.41, 5.74) is 0. The first-order chi connectivity index (χ1) is 7.77. The molecule has 0 saturated heterocycles. The number of hydrogen-bond acceptors (Lipinski definition) is 3. The summed E-state index contributed by atoms with van der Waals surface area (Å²) >= 11 is 0. The highest BCUT2D eigenvalue weighted by atomic mass is 16.5. The molecule has 0 aliphatic heterocycles. The molecule has 0 spiro atoms. The molecule has 1 aliphatic rings. The molecular formula is C12H24N2O2. The number of methoxy groups -OCH3 is 1. The van der Waals surface area contributed by atoms with E-state index in [9.17, 15) is 4.79 Å². The fourth-order valence-electron chi connectivity index (χ4n) is 1.76. The minimum atomic E-state index is 0.140. The topological polar surface area (TPSA) is 50.4 Å². The van der Waals surface area contributed by atoms with E-state index in [-0.39, 0.29) is 5.91 Å². The summed E-state index contributed by atoms with van der Waals surface area (Å²) in [6.07, 6.45) is 4.15. The van der Waals surface area contributed by atoms with Gasteiger partial charge in [-0.15, -0.1) is 0 Å². The third-order valence-corrected chi connectivity index (χ3v) is 2.87. The Hall–Kier alpha value is -0.610. The van der Waals surface area contributed by atoms with Crippen LogP contribution in [-0.4, -0.2) is 38.8 Å². The van der Waals surface area contributed by atoms with E-state index in [1.807, 2.05) is 0 Å². The number of ether oxygens (including phenoxy) is 1. The lowest BCUT2D eigenvalue weighted by molar-refractivity contribution is -0.121. The van der Waals surface area contributed by atoms with E-state index in [4.69, 9.17) is 4.74 Å². The summed E-state index contributed by atoms with van der Waals surface area (Å²) in [5, 5.41) is 6.28. The van der Waals surface area contributed by atoms with Crippen LogP contribution >= 0.6 is 0 Å². The predicted molar refractivity (Wildman–Crippen MR) is 64.3 cm³/mol. The zero-order valence-electron chi connectivity index (χ0n) is 10.4. The van der Waals surface area contributed by atoms with E-state index >= 15 is 0 Å². The third-order valence-electron chi connectivity index (χ3n) is 2.87. The maximum absolute atomic E-state index is 11.3. The maximum Gasteiger partial charge on any atom is 0.221 e. The van der Waals surface area contributed by atoms with E-state index < -0.39 is 0 Å². The predicted octanol–water partition coefficient (Wildman–Crippen LogP) is 0.917. The van der Waals surface area contributed by atoms with E-state index in [1.54, 1.807) is 7.11 Å². The van der Waals surface area contributed by atoms with Gasteiger partial charge in [-0.1, -0.05) is 6.92 Å². The molecule has 2 N–H and O–H groups in total. The second kappa shape index (κ2) is 7.63. The molecule has 94 valence electrons. The number of rotatable bonds is 9. The summed E-state index contributed by atoms with van der Waals surface area (Å²) in [4.78, 5) is 11.3. The first-order valence-corrected chi connectivity index (χ1v) is 6.27. The van der Waals surface area contributed by atoms with Gasteiger partial charge in [0.2, 0.25) is 5.91 Å². The van der Waals surface area contributed by atoms with Gasteiger partial charge in [0.15, 0.2) is 0 Å². The Morgan fingerprint density at radius 1 is 1.44 bits per heavy atom. The summed E-state index contributed by atoms with van der Waals surface area (Å²) in [7, 11) is 1.73. The van der Waals surface area contributed by atoms with Gasteiger partial charge in [0.1, 0.15) is 0 Å². The van der Waals surface area contributed by atoms with Crippen molar-refractivity contribution < 1.29 is 9.53 Å². The fourth-order valence-corrected chi connectivity index (χ4v) is 1.76. The summed E-state index contributed by atoms with van der Waals surface area (Å²) < 4.78 is 5.16. The van der Waals surface area contributed by atoms with Crippen LogP contribution in [0, 0.1) is 5.92 Å². The van der Waals surface area contributed by atoms with Gasteiger partial charge >= 0.3 is 0 Å². The second-order valence-electron chi connectivity index (χ2n) is 4.45. The summed E-state index contributed by atoms with van der Waals surface area (Å²) in [5.74, 6) is 0.903. The Labute approximate surface area is 98.1 Å². The van der Waals surface area contributed by atoms with Crippen molar-refractivity contribution in [2.45, 2.75) is 38.6 Å². The molecule has 0 radical (unpaired) electrons. The monoisotopic (exact) mass is 228 g/mol. The van der Waals surface area contributed by atoms with Crippen LogP contribution in [0.5, 0.6) is 0 Å². The van der Waals surface area contributed by atoms with E-state index in [2.05, 4.69) is 17.6 Å². The molecule has 1 amide bonds. The Morgan fingerprint density at radius 3 is 2.75 bits per heavy atom. The quantitative estimate of drug-likeness (QED) is 0.617. The van der Waals surface area contributed by atoms with Crippen molar-refractivity contribution in [3.05, 3.63) is 0 Å². The van der Waals surface area contributed by atoms with Crippen molar-refractivity contribution in [1.29, 1.82) is 0 Å². The lowest BCUT2D eigenvalue weighted by atomic mass is 10.2. The van der Waals surface area contributed by atoms with Crippen LogP contribution in [0.25, 0.3) is 0 Å². The zero-order chi connectivity index (χ0) is 11.8. The van der Waals surface area contributed by atoms with Gasteiger partial charge in [-0.25, -0.2) is 0 Å². The molecule has 1 fully saturated rings. The highest BCUT2D eigenvalue weighted by Gasteiger charge is 2.30. The van der Waals surface area contributed by atoms with Gasteiger partial charge in [-0.2, -0.15) is 0 Å². The van der Waals surface area contributed by atoms with Crippen molar-refractivity contribution in [3.8, 4) is 0 Å². The van der Waals surface area contributed by atoms with Crippen LogP contribution in [0.4, 0.5) is 0 Å². The number of amides is 1. The van der Waals surface area contributed by atoms with Crippen LogP contribution in [0.2, 0.25) is 0 Å². The Balaban J connectivity index is 2.05. The lowest BCUT2D eigenvalue weighted by Crippen LogP contribution is -2.38. The van der Waals surface area contributed by atoms with Crippen LogP contribution in [0.3, 0.4) is 0 Å². The number of carbonyl (C=O) groups is 1.